The van der Waals surface area contributed by atoms with Crippen molar-refractivity contribution in [3.63, 3.8) is 0 Å². The topological polar surface area (TPSA) is 101 Å². The van der Waals surface area contributed by atoms with Gasteiger partial charge in [0.2, 0.25) is 11.8 Å². The summed E-state index contributed by atoms with van der Waals surface area (Å²) >= 11 is 0. The van der Waals surface area contributed by atoms with E-state index in [1.165, 1.54) is 0 Å². The predicted octanol–water partition coefficient (Wildman–Crippen LogP) is -0.0348. The molecule has 0 aromatic carbocycles. The molecule has 0 radical (unpaired) electrons. The van der Waals surface area contributed by atoms with E-state index in [9.17, 15) is 14.4 Å². The predicted molar refractivity (Wildman–Crippen MR) is 60.0 cm³/mol. The van der Waals surface area contributed by atoms with E-state index in [-0.39, 0.29) is 18.7 Å². The third-order valence-corrected chi connectivity index (χ3v) is 3.20. The Morgan fingerprint density at radius 3 is 2.47 bits per heavy atom. The lowest BCUT2D eigenvalue weighted by Gasteiger charge is -2.20. The summed E-state index contributed by atoms with van der Waals surface area (Å²) in [6, 6.07) is 0. The van der Waals surface area contributed by atoms with Crippen LogP contribution in [0.1, 0.15) is 32.6 Å². The van der Waals surface area contributed by atoms with E-state index in [0.717, 1.165) is 0 Å². The second kappa shape index (κ2) is 5.16. The minimum absolute atomic E-state index is 0.00727. The number of carbonyl (C=O) groups is 3. The summed E-state index contributed by atoms with van der Waals surface area (Å²) in [5.74, 6) is -1.39. The van der Waals surface area contributed by atoms with Gasteiger partial charge in [0, 0.05) is 25.9 Å². The second-order valence-electron chi connectivity index (χ2n) is 4.74. The Bertz CT molecular complexity index is 342. The van der Waals surface area contributed by atoms with Crippen LogP contribution >= 0.6 is 0 Å². The van der Waals surface area contributed by atoms with Gasteiger partial charge >= 0.3 is 5.97 Å². The molecule has 6 heteroatoms. The zero-order valence-corrected chi connectivity index (χ0v) is 9.94. The van der Waals surface area contributed by atoms with Gasteiger partial charge in [-0.2, -0.15) is 0 Å². The summed E-state index contributed by atoms with van der Waals surface area (Å²) in [6.45, 7) is 2.61. The molecule has 1 unspecified atom stereocenters. The van der Waals surface area contributed by atoms with Gasteiger partial charge < -0.3 is 15.7 Å². The lowest BCUT2D eigenvalue weighted by molar-refractivity contribution is -0.137. The number of carbonyl (C=O) groups excluding carboxylic acids is 2. The summed E-state index contributed by atoms with van der Waals surface area (Å²) < 4.78 is 0. The van der Waals surface area contributed by atoms with Crippen LogP contribution in [0.25, 0.3) is 0 Å². The van der Waals surface area contributed by atoms with Gasteiger partial charge in [-0.25, -0.2) is 0 Å². The number of nitrogens with two attached hydrogens (primary N) is 1. The molecule has 0 aromatic rings. The Labute approximate surface area is 99.8 Å². The Morgan fingerprint density at radius 2 is 2.00 bits per heavy atom. The number of amides is 2. The van der Waals surface area contributed by atoms with Crippen molar-refractivity contribution in [1.82, 2.24) is 4.90 Å². The van der Waals surface area contributed by atoms with E-state index in [1.54, 1.807) is 11.8 Å². The molecule has 0 aromatic heterocycles. The lowest BCUT2D eigenvalue weighted by atomic mass is 9.89. The van der Waals surface area contributed by atoms with Crippen molar-refractivity contribution in [2.45, 2.75) is 32.6 Å². The maximum absolute atomic E-state index is 11.7. The number of hydrogen-bond donors (Lipinski definition) is 2. The van der Waals surface area contributed by atoms with Gasteiger partial charge in [-0.1, -0.05) is 0 Å². The number of hydrogen-bond acceptors (Lipinski definition) is 3. The van der Waals surface area contributed by atoms with Crippen LogP contribution in [-0.2, 0) is 14.4 Å². The smallest absolute Gasteiger partial charge is 0.303 e. The van der Waals surface area contributed by atoms with Crippen LogP contribution in [0.5, 0.6) is 0 Å². The normalized spacial score (nSPS) is 23.7. The molecule has 3 N–H and O–H groups in total. The fraction of sp³-hybridized carbons (Fsp3) is 0.727. The molecule has 17 heavy (non-hydrogen) atoms. The summed E-state index contributed by atoms with van der Waals surface area (Å²) in [5.41, 5.74) is 4.64. The van der Waals surface area contributed by atoms with Crippen molar-refractivity contribution in [3.8, 4) is 0 Å². The van der Waals surface area contributed by atoms with Crippen LogP contribution in [-0.4, -0.2) is 40.9 Å². The molecule has 1 rings (SSSR count). The van der Waals surface area contributed by atoms with Crippen LogP contribution in [0.15, 0.2) is 0 Å². The van der Waals surface area contributed by atoms with Crippen LogP contribution in [0.4, 0.5) is 0 Å². The standard InChI is InChI=1S/C11H18N2O4/c1-11(10(12)17)5-6-13(7-11)8(14)3-2-4-9(15)16/h2-7H2,1H3,(H2,12,17)(H,15,16). The minimum atomic E-state index is -0.902. The summed E-state index contributed by atoms with van der Waals surface area (Å²) in [4.78, 5) is 34.8. The average molecular weight is 242 g/mol. The summed E-state index contributed by atoms with van der Waals surface area (Å²) in [6.07, 6.45) is 1.11. The molecular formula is C11H18N2O4. The summed E-state index contributed by atoms with van der Waals surface area (Å²) in [7, 11) is 0. The zero-order valence-electron chi connectivity index (χ0n) is 9.94. The van der Waals surface area contributed by atoms with Crippen LogP contribution in [0.2, 0.25) is 0 Å². The van der Waals surface area contributed by atoms with Gasteiger partial charge in [0.15, 0.2) is 0 Å². The number of carboxylic acid groups (broad SMARTS) is 1. The lowest BCUT2D eigenvalue weighted by Crippen LogP contribution is -2.38. The first kappa shape index (κ1) is 13.5. The Balaban J connectivity index is 2.40. The molecular weight excluding hydrogens is 224 g/mol. The fourth-order valence-electron chi connectivity index (χ4n) is 1.92. The van der Waals surface area contributed by atoms with Crippen molar-refractivity contribution < 1.29 is 19.5 Å². The van der Waals surface area contributed by atoms with Gasteiger partial charge in [-0.05, 0) is 19.8 Å². The highest BCUT2D eigenvalue weighted by atomic mass is 16.4. The first-order valence-corrected chi connectivity index (χ1v) is 5.64. The molecule has 0 aliphatic carbocycles. The van der Waals surface area contributed by atoms with Gasteiger partial charge in [-0.15, -0.1) is 0 Å². The van der Waals surface area contributed by atoms with Gasteiger partial charge in [0.1, 0.15) is 0 Å². The highest BCUT2D eigenvalue weighted by molar-refractivity contribution is 5.83. The average Bonchev–Trinajstić information content (AvgIpc) is 2.62. The van der Waals surface area contributed by atoms with Crippen molar-refractivity contribution in [2.24, 2.45) is 11.1 Å². The molecule has 1 aliphatic heterocycles. The fourth-order valence-corrected chi connectivity index (χ4v) is 1.92. The highest BCUT2D eigenvalue weighted by Gasteiger charge is 2.40. The molecule has 1 fully saturated rings. The molecule has 1 saturated heterocycles. The number of carboxylic acids is 1. The Hall–Kier alpha value is -1.59. The van der Waals surface area contributed by atoms with Gasteiger partial charge in [0.25, 0.3) is 0 Å². The van der Waals surface area contributed by atoms with E-state index < -0.39 is 17.3 Å². The first-order chi connectivity index (χ1) is 7.85. The van der Waals surface area contributed by atoms with E-state index >= 15 is 0 Å². The Kier molecular flexibility index (Phi) is 4.09. The third-order valence-electron chi connectivity index (χ3n) is 3.20. The van der Waals surface area contributed by atoms with Crippen molar-refractivity contribution >= 4 is 17.8 Å². The minimum Gasteiger partial charge on any atom is -0.481 e. The van der Waals surface area contributed by atoms with E-state index in [4.69, 9.17) is 10.8 Å². The summed E-state index contributed by atoms with van der Waals surface area (Å²) in [5, 5.41) is 8.46. The zero-order chi connectivity index (χ0) is 13.1. The van der Waals surface area contributed by atoms with Crippen LogP contribution in [0.3, 0.4) is 0 Å². The van der Waals surface area contributed by atoms with Crippen molar-refractivity contribution in [3.05, 3.63) is 0 Å². The molecule has 2 amide bonds. The highest BCUT2D eigenvalue weighted by Crippen LogP contribution is 2.29. The second-order valence-corrected chi connectivity index (χ2v) is 4.74. The van der Waals surface area contributed by atoms with Crippen LogP contribution in [0, 0.1) is 5.41 Å². The molecule has 6 nitrogen and oxygen atoms in total. The molecule has 0 saturated carbocycles. The van der Waals surface area contributed by atoms with E-state index in [1.807, 2.05) is 0 Å². The monoisotopic (exact) mass is 242 g/mol. The number of likely N-dealkylation sites (tertiary alicyclic amines) is 1. The molecule has 1 aliphatic rings. The van der Waals surface area contributed by atoms with Gasteiger partial charge in [-0.3, -0.25) is 14.4 Å². The molecule has 96 valence electrons. The van der Waals surface area contributed by atoms with E-state index in [2.05, 4.69) is 0 Å². The van der Waals surface area contributed by atoms with Crippen LogP contribution < -0.4 is 5.73 Å². The van der Waals surface area contributed by atoms with Gasteiger partial charge in [0.05, 0.1) is 5.41 Å². The maximum Gasteiger partial charge on any atom is 0.303 e. The third kappa shape index (κ3) is 3.44. The molecule has 0 bridgehead atoms. The maximum atomic E-state index is 11.7. The number of nitrogens with zero attached hydrogens (tertiary/aromatic N) is 1. The Morgan fingerprint density at radius 1 is 1.35 bits per heavy atom. The quantitative estimate of drug-likeness (QED) is 0.706. The number of rotatable bonds is 5. The number of primary amides is 1. The first-order valence-electron chi connectivity index (χ1n) is 5.64. The van der Waals surface area contributed by atoms with Crippen molar-refractivity contribution in [1.29, 1.82) is 0 Å². The molecule has 1 heterocycles. The molecule has 1 atom stereocenters. The number of aliphatic carboxylic acids is 1. The molecule has 0 spiro atoms. The van der Waals surface area contributed by atoms with Crippen molar-refractivity contribution in [2.75, 3.05) is 13.1 Å². The largest absolute Gasteiger partial charge is 0.481 e. The SMILES string of the molecule is CC1(C(N)=O)CCN(C(=O)CCCC(=O)O)C1. The van der Waals surface area contributed by atoms with E-state index in [0.29, 0.717) is 25.9 Å².